The SMILES string of the molecule is C/C(=C/C(=O)NCc1cccc(NC(=O)Cn2cccn2)c1)c1ccc(F)cc1. The fourth-order valence-electron chi connectivity index (χ4n) is 2.73. The van der Waals surface area contributed by atoms with Crippen molar-refractivity contribution in [3.63, 3.8) is 0 Å². The molecule has 6 nitrogen and oxygen atoms in total. The van der Waals surface area contributed by atoms with E-state index in [-0.39, 0.29) is 24.2 Å². The summed E-state index contributed by atoms with van der Waals surface area (Å²) in [6.45, 7) is 2.24. The zero-order chi connectivity index (χ0) is 20.6. The molecule has 0 aliphatic carbocycles. The Morgan fingerprint density at radius 1 is 1.14 bits per heavy atom. The molecule has 2 aromatic carbocycles. The van der Waals surface area contributed by atoms with Crippen molar-refractivity contribution in [2.24, 2.45) is 0 Å². The lowest BCUT2D eigenvalue weighted by atomic mass is 10.1. The van der Waals surface area contributed by atoms with E-state index in [4.69, 9.17) is 0 Å². The van der Waals surface area contributed by atoms with Crippen molar-refractivity contribution in [2.45, 2.75) is 20.0 Å². The Labute approximate surface area is 168 Å². The highest BCUT2D eigenvalue weighted by molar-refractivity contribution is 5.94. The second-order valence-corrected chi connectivity index (χ2v) is 6.50. The summed E-state index contributed by atoms with van der Waals surface area (Å²) in [5.74, 6) is -0.754. The van der Waals surface area contributed by atoms with Crippen molar-refractivity contribution in [1.29, 1.82) is 0 Å². The van der Waals surface area contributed by atoms with Gasteiger partial charge in [-0.05, 0) is 54.0 Å². The van der Waals surface area contributed by atoms with Crippen LogP contribution >= 0.6 is 0 Å². The van der Waals surface area contributed by atoms with E-state index in [1.165, 1.54) is 22.9 Å². The quantitative estimate of drug-likeness (QED) is 0.605. The van der Waals surface area contributed by atoms with Crippen LogP contribution in [0.15, 0.2) is 73.1 Å². The average molecular weight is 392 g/mol. The predicted octanol–water partition coefficient (Wildman–Crippen LogP) is 3.38. The lowest BCUT2D eigenvalue weighted by Crippen LogP contribution is -2.21. The number of carbonyl (C=O) groups is 2. The minimum absolute atomic E-state index is 0.126. The molecule has 148 valence electrons. The van der Waals surface area contributed by atoms with E-state index >= 15 is 0 Å². The minimum Gasteiger partial charge on any atom is -0.348 e. The van der Waals surface area contributed by atoms with E-state index < -0.39 is 0 Å². The maximum Gasteiger partial charge on any atom is 0.246 e. The van der Waals surface area contributed by atoms with Crippen LogP contribution in [-0.4, -0.2) is 21.6 Å². The van der Waals surface area contributed by atoms with Gasteiger partial charge in [-0.1, -0.05) is 24.3 Å². The monoisotopic (exact) mass is 392 g/mol. The maximum atomic E-state index is 13.0. The summed E-state index contributed by atoms with van der Waals surface area (Å²) < 4.78 is 14.5. The van der Waals surface area contributed by atoms with Gasteiger partial charge in [-0.25, -0.2) is 4.39 Å². The van der Waals surface area contributed by atoms with Crippen molar-refractivity contribution in [3.05, 3.63) is 90.0 Å². The van der Waals surface area contributed by atoms with Gasteiger partial charge in [0.2, 0.25) is 11.8 Å². The van der Waals surface area contributed by atoms with Gasteiger partial charge < -0.3 is 10.6 Å². The second kappa shape index (κ2) is 9.45. The number of aromatic nitrogens is 2. The highest BCUT2D eigenvalue weighted by Crippen LogP contribution is 2.14. The van der Waals surface area contributed by atoms with Crippen molar-refractivity contribution in [1.82, 2.24) is 15.1 Å². The van der Waals surface area contributed by atoms with Gasteiger partial charge in [0.05, 0.1) is 0 Å². The van der Waals surface area contributed by atoms with E-state index in [0.29, 0.717) is 12.2 Å². The van der Waals surface area contributed by atoms with E-state index in [2.05, 4.69) is 15.7 Å². The summed E-state index contributed by atoms with van der Waals surface area (Å²) in [7, 11) is 0. The predicted molar refractivity (Wildman–Crippen MR) is 109 cm³/mol. The molecule has 0 atom stereocenters. The Hall–Kier alpha value is -3.74. The normalized spacial score (nSPS) is 11.2. The first kappa shape index (κ1) is 20.0. The highest BCUT2D eigenvalue weighted by Gasteiger charge is 2.06. The summed E-state index contributed by atoms with van der Waals surface area (Å²) in [5, 5.41) is 9.62. The van der Waals surface area contributed by atoms with Crippen LogP contribution in [0.1, 0.15) is 18.1 Å². The third kappa shape index (κ3) is 6.14. The van der Waals surface area contributed by atoms with Gasteiger partial charge in [0.25, 0.3) is 0 Å². The first-order valence-corrected chi connectivity index (χ1v) is 9.08. The Balaban J connectivity index is 1.54. The molecule has 7 heteroatoms. The summed E-state index contributed by atoms with van der Waals surface area (Å²) in [5.41, 5.74) is 3.01. The van der Waals surface area contributed by atoms with Crippen molar-refractivity contribution in [3.8, 4) is 0 Å². The number of nitrogens with zero attached hydrogens (tertiary/aromatic N) is 2. The topological polar surface area (TPSA) is 76.0 Å². The number of allylic oxidation sites excluding steroid dienone is 1. The number of hydrogen-bond acceptors (Lipinski definition) is 3. The number of carbonyl (C=O) groups excluding carboxylic acids is 2. The standard InChI is InChI=1S/C22H21FN4O2/c1-16(18-6-8-19(23)9-7-18)12-21(28)24-14-17-4-2-5-20(13-17)26-22(29)15-27-11-3-10-25-27/h2-13H,14-15H2,1H3,(H,24,28)(H,26,29)/b16-12-. The van der Waals surface area contributed by atoms with Gasteiger partial charge >= 0.3 is 0 Å². The number of rotatable bonds is 7. The largest absolute Gasteiger partial charge is 0.348 e. The van der Waals surface area contributed by atoms with E-state index in [1.807, 2.05) is 12.1 Å². The smallest absolute Gasteiger partial charge is 0.246 e. The summed E-state index contributed by atoms with van der Waals surface area (Å²) >= 11 is 0. The molecule has 2 N–H and O–H groups in total. The fraction of sp³-hybridized carbons (Fsp3) is 0.136. The average Bonchev–Trinajstić information content (AvgIpc) is 3.20. The summed E-state index contributed by atoms with van der Waals surface area (Å²) in [6.07, 6.45) is 4.80. The van der Waals surface area contributed by atoms with Crippen LogP contribution in [0.2, 0.25) is 0 Å². The molecular formula is C22H21FN4O2. The number of halogens is 1. The van der Waals surface area contributed by atoms with E-state index in [9.17, 15) is 14.0 Å². The number of benzene rings is 2. The van der Waals surface area contributed by atoms with Gasteiger partial charge in [-0.15, -0.1) is 0 Å². The Kier molecular flexibility index (Phi) is 6.52. The van der Waals surface area contributed by atoms with Gasteiger partial charge in [0, 0.05) is 30.7 Å². The van der Waals surface area contributed by atoms with Crippen LogP contribution in [0.25, 0.3) is 5.57 Å². The molecule has 3 aromatic rings. The number of nitrogens with one attached hydrogen (secondary N) is 2. The minimum atomic E-state index is -0.317. The molecule has 3 rings (SSSR count). The zero-order valence-electron chi connectivity index (χ0n) is 15.9. The van der Waals surface area contributed by atoms with Crippen LogP contribution in [0.5, 0.6) is 0 Å². The molecule has 1 aromatic heterocycles. The molecule has 0 spiro atoms. The Morgan fingerprint density at radius 3 is 2.66 bits per heavy atom. The van der Waals surface area contributed by atoms with Crippen molar-refractivity contribution in [2.75, 3.05) is 5.32 Å². The lowest BCUT2D eigenvalue weighted by molar-refractivity contribution is -0.117. The molecule has 0 saturated heterocycles. The molecule has 0 aliphatic heterocycles. The van der Waals surface area contributed by atoms with Gasteiger partial charge in [-0.2, -0.15) is 5.10 Å². The van der Waals surface area contributed by atoms with Crippen LogP contribution in [0, 0.1) is 5.82 Å². The maximum absolute atomic E-state index is 13.0. The van der Waals surface area contributed by atoms with Crippen molar-refractivity contribution >= 4 is 23.1 Å². The Morgan fingerprint density at radius 2 is 1.93 bits per heavy atom. The molecule has 1 heterocycles. The van der Waals surface area contributed by atoms with Gasteiger partial charge in [0.15, 0.2) is 0 Å². The van der Waals surface area contributed by atoms with Crippen LogP contribution in [0.4, 0.5) is 10.1 Å². The van der Waals surface area contributed by atoms with Gasteiger partial charge in [0.1, 0.15) is 12.4 Å². The molecule has 0 bridgehead atoms. The first-order valence-electron chi connectivity index (χ1n) is 9.08. The van der Waals surface area contributed by atoms with Crippen LogP contribution in [-0.2, 0) is 22.7 Å². The van der Waals surface area contributed by atoms with Crippen LogP contribution < -0.4 is 10.6 Å². The van der Waals surface area contributed by atoms with Crippen LogP contribution in [0.3, 0.4) is 0 Å². The van der Waals surface area contributed by atoms with E-state index in [0.717, 1.165) is 16.7 Å². The number of hydrogen-bond donors (Lipinski definition) is 2. The summed E-state index contributed by atoms with van der Waals surface area (Å²) in [6, 6.07) is 15.0. The number of anilines is 1. The zero-order valence-corrected chi connectivity index (χ0v) is 15.9. The molecule has 0 aliphatic rings. The second-order valence-electron chi connectivity index (χ2n) is 6.50. The highest BCUT2D eigenvalue weighted by atomic mass is 19.1. The fourth-order valence-corrected chi connectivity index (χ4v) is 2.73. The van der Waals surface area contributed by atoms with Crippen molar-refractivity contribution < 1.29 is 14.0 Å². The first-order chi connectivity index (χ1) is 14.0. The molecule has 0 saturated carbocycles. The molecule has 0 fully saturated rings. The molecule has 2 amide bonds. The molecule has 0 radical (unpaired) electrons. The molecule has 0 unspecified atom stereocenters. The lowest BCUT2D eigenvalue weighted by Gasteiger charge is -2.09. The molecule has 29 heavy (non-hydrogen) atoms. The summed E-state index contributed by atoms with van der Waals surface area (Å²) in [4.78, 5) is 24.2. The Bertz CT molecular complexity index is 1010. The third-order valence-electron chi connectivity index (χ3n) is 4.19. The third-order valence-corrected chi connectivity index (χ3v) is 4.19. The molecular weight excluding hydrogens is 371 g/mol. The number of amides is 2. The van der Waals surface area contributed by atoms with Gasteiger partial charge in [-0.3, -0.25) is 14.3 Å². The van der Waals surface area contributed by atoms with E-state index in [1.54, 1.807) is 49.6 Å².